The van der Waals surface area contributed by atoms with Crippen LogP contribution in [0, 0.1) is 0 Å². The molecule has 0 radical (unpaired) electrons. The maximum atomic E-state index is 12.2. The average molecular weight is 412 g/mol. The lowest BCUT2D eigenvalue weighted by Gasteiger charge is -2.12. The van der Waals surface area contributed by atoms with Crippen molar-refractivity contribution in [3.63, 3.8) is 0 Å². The number of alkyl halides is 3. The van der Waals surface area contributed by atoms with Crippen LogP contribution in [0.1, 0.15) is 0 Å². The Labute approximate surface area is 169 Å². The number of halogens is 3. The molecular formula is C21H15F3N4O2. The van der Waals surface area contributed by atoms with E-state index in [9.17, 15) is 13.2 Å². The molecule has 6 nitrogen and oxygen atoms in total. The summed E-state index contributed by atoms with van der Waals surface area (Å²) in [5, 5.41) is 0.714. The van der Waals surface area contributed by atoms with E-state index < -0.39 is 13.2 Å². The molecule has 152 valence electrons. The molecule has 0 bridgehead atoms. The third-order valence-electron chi connectivity index (χ3n) is 4.34. The molecule has 4 rings (SSSR count). The van der Waals surface area contributed by atoms with Gasteiger partial charge in [-0.05, 0) is 35.9 Å². The second-order valence-corrected chi connectivity index (χ2v) is 6.27. The van der Waals surface area contributed by atoms with Crippen molar-refractivity contribution in [3.05, 3.63) is 67.1 Å². The fourth-order valence-corrected chi connectivity index (χ4v) is 3.01. The van der Waals surface area contributed by atoms with E-state index >= 15 is 0 Å². The molecule has 0 aliphatic carbocycles. The number of ether oxygens (including phenoxy) is 2. The molecule has 0 amide bonds. The lowest BCUT2D eigenvalue weighted by molar-refractivity contribution is -0.341. The monoisotopic (exact) mass is 412 g/mol. The molecule has 0 spiro atoms. The van der Waals surface area contributed by atoms with Gasteiger partial charge in [0.1, 0.15) is 17.9 Å². The van der Waals surface area contributed by atoms with E-state index in [-0.39, 0.29) is 5.75 Å². The molecule has 0 saturated heterocycles. The molecule has 4 aromatic rings. The summed E-state index contributed by atoms with van der Waals surface area (Å²) >= 11 is 0. The molecule has 0 fully saturated rings. The van der Waals surface area contributed by atoms with Crippen LogP contribution in [0.2, 0.25) is 0 Å². The minimum absolute atomic E-state index is 0.226. The van der Waals surface area contributed by atoms with Crippen LogP contribution in [0.3, 0.4) is 0 Å². The molecule has 2 heterocycles. The normalized spacial score (nSPS) is 11.6. The van der Waals surface area contributed by atoms with Gasteiger partial charge in [-0.3, -0.25) is 9.72 Å². The Hall–Kier alpha value is -3.72. The fraction of sp³-hybridized carbons (Fsp3) is 0.0952. The predicted molar refractivity (Wildman–Crippen MR) is 105 cm³/mol. The molecule has 0 saturated carbocycles. The van der Waals surface area contributed by atoms with Gasteiger partial charge in [0, 0.05) is 22.7 Å². The molecule has 30 heavy (non-hydrogen) atoms. The standard InChI is InChI=1S/C21H15F3N4O2/c22-21(23,24)30-12-29-15-4-1-3-14(9-15)19-16(5-2-8-26-19)13-6-7-18-17(10-13)20(25)28-11-27-18/h1-11H,12H2,(H2,25,27,28). The van der Waals surface area contributed by atoms with E-state index in [2.05, 4.69) is 19.7 Å². The maximum absolute atomic E-state index is 12.2. The van der Waals surface area contributed by atoms with Crippen molar-refractivity contribution in [2.24, 2.45) is 0 Å². The van der Waals surface area contributed by atoms with E-state index in [1.807, 2.05) is 24.3 Å². The maximum Gasteiger partial charge on any atom is 0.525 e. The molecule has 0 aliphatic rings. The molecule has 0 unspecified atom stereocenters. The highest BCUT2D eigenvalue weighted by Gasteiger charge is 2.29. The summed E-state index contributed by atoms with van der Waals surface area (Å²) in [4.78, 5) is 12.7. The Bertz CT molecular complexity index is 1200. The van der Waals surface area contributed by atoms with Crippen molar-refractivity contribution in [2.45, 2.75) is 6.36 Å². The van der Waals surface area contributed by atoms with E-state index in [0.717, 1.165) is 16.6 Å². The Morgan fingerprint density at radius 3 is 2.60 bits per heavy atom. The summed E-state index contributed by atoms with van der Waals surface area (Å²) in [5.41, 5.74) is 9.66. The number of benzene rings is 2. The summed E-state index contributed by atoms with van der Waals surface area (Å²) in [6.07, 6.45) is -1.72. The molecule has 2 N–H and O–H groups in total. The fourth-order valence-electron chi connectivity index (χ4n) is 3.01. The van der Waals surface area contributed by atoms with Gasteiger partial charge in [0.2, 0.25) is 0 Å². The lowest BCUT2D eigenvalue weighted by Crippen LogP contribution is -2.17. The van der Waals surface area contributed by atoms with Gasteiger partial charge in [0.05, 0.1) is 11.2 Å². The average Bonchev–Trinajstić information content (AvgIpc) is 2.73. The van der Waals surface area contributed by atoms with Crippen LogP contribution in [0.25, 0.3) is 33.3 Å². The largest absolute Gasteiger partial charge is 0.525 e. The molecule has 0 atom stereocenters. The zero-order valence-electron chi connectivity index (χ0n) is 15.4. The quantitative estimate of drug-likeness (QED) is 0.474. The highest BCUT2D eigenvalue weighted by atomic mass is 19.4. The van der Waals surface area contributed by atoms with Crippen molar-refractivity contribution >= 4 is 16.7 Å². The van der Waals surface area contributed by atoms with Crippen LogP contribution < -0.4 is 10.5 Å². The first-order valence-corrected chi connectivity index (χ1v) is 8.80. The minimum Gasteiger partial charge on any atom is -0.467 e. The zero-order chi connectivity index (χ0) is 21.1. The summed E-state index contributed by atoms with van der Waals surface area (Å²) in [6, 6.07) is 15.9. The second-order valence-electron chi connectivity index (χ2n) is 6.27. The highest BCUT2D eigenvalue weighted by molar-refractivity contribution is 5.93. The van der Waals surface area contributed by atoms with Gasteiger partial charge in [-0.2, -0.15) is 0 Å². The van der Waals surface area contributed by atoms with Crippen molar-refractivity contribution in [2.75, 3.05) is 12.5 Å². The Balaban J connectivity index is 1.69. The first-order valence-electron chi connectivity index (χ1n) is 8.80. The van der Waals surface area contributed by atoms with Crippen LogP contribution in [-0.2, 0) is 4.74 Å². The van der Waals surface area contributed by atoms with Crippen molar-refractivity contribution in [1.29, 1.82) is 0 Å². The van der Waals surface area contributed by atoms with Crippen molar-refractivity contribution < 1.29 is 22.6 Å². The molecule has 9 heteroatoms. The van der Waals surface area contributed by atoms with Crippen LogP contribution in [0.4, 0.5) is 19.0 Å². The number of pyridine rings is 1. The number of anilines is 1. The van der Waals surface area contributed by atoms with E-state index in [4.69, 9.17) is 10.5 Å². The van der Waals surface area contributed by atoms with E-state index in [1.165, 1.54) is 6.33 Å². The van der Waals surface area contributed by atoms with E-state index in [0.29, 0.717) is 22.5 Å². The van der Waals surface area contributed by atoms with Gasteiger partial charge >= 0.3 is 6.36 Å². The Kier molecular flexibility index (Phi) is 5.20. The Morgan fingerprint density at radius 1 is 0.900 bits per heavy atom. The van der Waals surface area contributed by atoms with Gasteiger partial charge < -0.3 is 10.5 Å². The molecule has 0 aliphatic heterocycles. The summed E-state index contributed by atoms with van der Waals surface area (Å²) in [7, 11) is 0. The number of hydrogen-bond donors (Lipinski definition) is 1. The van der Waals surface area contributed by atoms with Gasteiger partial charge in [0.15, 0.2) is 6.79 Å². The summed E-state index contributed by atoms with van der Waals surface area (Å²) in [5.74, 6) is 0.594. The minimum atomic E-state index is -4.76. The number of rotatable bonds is 5. The first-order chi connectivity index (χ1) is 14.4. The van der Waals surface area contributed by atoms with Gasteiger partial charge in [-0.1, -0.05) is 24.3 Å². The third kappa shape index (κ3) is 4.31. The molecular weight excluding hydrogens is 397 g/mol. The number of nitrogens with zero attached hydrogens (tertiary/aromatic N) is 3. The number of hydrogen-bond acceptors (Lipinski definition) is 6. The second kappa shape index (κ2) is 7.96. The number of nitrogen functional groups attached to an aromatic ring is 1. The summed E-state index contributed by atoms with van der Waals surface area (Å²) < 4.78 is 45.2. The van der Waals surface area contributed by atoms with Crippen molar-refractivity contribution in [3.8, 4) is 28.1 Å². The SMILES string of the molecule is Nc1ncnc2ccc(-c3cccnc3-c3cccc(OCOC(F)(F)F)c3)cc12. The summed E-state index contributed by atoms with van der Waals surface area (Å²) in [6.45, 7) is -0.939. The number of nitrogens with two attached hydrogens (primary N) is 1. The zero-order valence-corrected chi connectivity index (χ0v) is 15.4. The molecule has 2 aromatic carbocycles. The van der Waals surface area contributed by atoms with Crippen LogP contribution in [0.15, 0.2) is 67.1 Å². The van der Waals surface area contributed by atoms with E-state index in [1.54, 1.807) is 36.5 Å². The topological polar surface area (TPSA) is 83.2 Å². The number of aromatic nitrogens is 3. The lowest BCUT2D eigenvalue weighted by atomic mass is 9.98. The smallest absolute Gasteiger partial charge is 0.467 e. The van der Waals surface area contributed by atoms with Gasteiger partial charge in [0.25, 0.3) is 0 Å². The van der Waals surface area contributed by atoms with Crippen LogP contribution in [-0.4, -0.2) is 28.1 Å². The van der Waals surface area contributed by atoms with Crippen LogP contribution >= 0.6 is 0 Å². The van der Waals surface area contributed by atoms with Crippen molar-refractivity contribution in [1.82, 2.24) is 15.0 Å². The van der Waals surface area contributed by atoms with Crippen LogP contribution in [0.5, 0.6) is 5.75 Å². The van der Waals surface area contributed by atoms with Gasteiger partial charge in [-0.25, -0.2) is 9.97 Å². The van der Waals surface area contributed by atoms with Gasteiger partial charge in [-0.15, -0.1) is 13.2 Å². The number of fused-ring (bicyclic) bond motifs is 1. The first kappa shape index (κ1) is 19.6. The third-order valence-corrected chi connectivity index (χ3v) is 4.34. The predicted octanol–water partition coefficient (Wildman–Crippen LogP) is 4.81. The molecule has 2 aromatic heterocycles. The highest BCUT2D eigenvalue weighted by Crippen LogP contribution is 2.33. The Morgan fingerprint density at radius 2 is 1.77 bits per heavy atom.